The summed E-state index contributed by atoms with van der Waals surface area (Å²) in [5, 5.41) is 20.8. The summed E-state index contributed by atoms with van der Waals surface area (Å²) in [6.07, 6.45) is 7.96. The van der Waals surface area contributed by atoms with Crippen molar-refractivity contribution in [2.75, 3.05) is 6.61 Å². The smallest absolute Gasteiger partial charge is 0.115 e. The number of hydrogen-bond acceptors (Lipinski definition) is 3. The number of aliphatic hydroxyl groups is 1. The molecule has 1 aromatic rings. The Morgan fingerprint density at radius 3 is 2.81 bits per heavy atom. The van der Waals surface area contributed by atoms with Gasteiger partial charge in [0.2, 0.25) is 0 Å². The van der Waals surface area contributed by atoms with Crippen LogP contribution >= 0.6 is 0 Å². The third-order valence-electron chi connectivity index (χ3n) is 7.95. The van der Waals surface area contributed by atoms with Crippen molar-refractivity contribution in [3.8, 4) is 5.75 Å². The third-order valence-corrected chi connectivity index (χ3v) is 7.95. The summed E-state index contributed by atoms with van der Waals surface area (Å²) in [6.45, 7) is 7.38. The molecule has 3 aliphatic rings. The van der Waals surface area contributed by atoms with Crippen LogP contribution in [-0.2, 0) is 11.2 Å². The Balaban J connectivity index is 1.62. The molecule has 2 N–H and O–H groups in total. The highest BCUT2D eigenvalue weighted by atomic mass is 16.5. The number of phenols is 1. The number of aliphatic hydroxyl groups excluding tert-OH is 1. The monoisotopic (exact) mass is 372 g/mol. The number of rotatable bonds is 5. The molecule has 27 heavy (non-hydrogen) atoms. The summed E-state index contributed by atoms with van der Waals surface area (Å²) in [6, 6.07) is 6.05. The van der Waals surface area contributed by atoms with Gasteiger partial charge in [0.25, 0.3) is 0 Å². The molecule has 3 heteroatoms. The molecular formula is C24H36O3. The molecular weight excluding hydrogens is 336 g/mol. The fourth-order valence-corrected chi connectivity index (χ4v) is 6.79. The lowest BCUT2D eigenvalue weighted by Crippen LogP contribution is -2.48. The fraction of sp³-hybridized carbons (Fsp3) is 0.750. The lowest BCUT2D eigenvalue weighted by Gasteiger charge is -2.54. The average Bonchev–Trinajstić information content (AvgIpc) is 2.92. The molecule has 3 nitrogen and oxygen atoms in total. The predicted octanol–water partition coefficient (Wildman–Crippen LogP) is 5.04. The second-order valence-electron chi connectivity index (χ2n) is 9.84. The van der Waals surface area contributed by atoms with E-state index < -0.39 is 0 Å². The molecule has 150 valence electrons. The van der Waals surface area contributed by atoms with Crippen molar-refractivity contribution >= 4 is 0 Å². The molecule has 0 amide bonds. The first-order valence-corrected chi connectivity index (χ1v) is 11.0. The first kappa shape index (κ1) is 19.3. The standard InChI is InChI=1S/C24H36O3/c1-15(2)27-12-4-5-17-14-24(3)21(10-11-22(24)26)20-8-6-16-13-18(25)7-9-19(16)23(17)20/h7,9,13,15,17,20-23,25-26H,4-6,8,10-12,14H2,1-3H3/t17-,20?,21?,22?,23?,24?/m0/s1. The van der Waals surface area contributed by atoms with Crippen LogP contribution in [0.4, 0.5) is 0 Å². The maximum absolute atomic E-state index is 10.8. The van der Waals surface area contributed by atoms with Gasteiger partial charge in [-0.2, -0.15) is 0 Å². The SMILES string of the molecule is CC(C)OCCC[C@H]1CC2(C)C(O)CCC2C2CCc3cc(O)ccc3C21. The molecule has 0 bridgehead atoms. The van der Waals surface area contributed by atoms with E-state index in [1.54, 1.807) is 0 Å². The second kappa shape index (κ2) is 7.40. The average molecular weight is 373 g/mol. The van der Waals surface area contributed by atoms with Crippen molar-refractivity contribution in [3.63, 3.8) is 0 Å². The summed E-state index contributed by atoms with van der Waals surface area (Å²) in [7, 11) is 0. The second-order valence-corrected chi connectivity index (χ2v) is 9.84. The molecule has 3 aliphatic carbocycles. The first-order valence-electron chi connectivity index (χ1n) is 11.0. The summed E-state index contributed by atoms with van der Waals surface area (Å²) < 4.78 is 5.80. The Hall–Kier alpha value is -1.06. The van der Waals surface area contributed by atoms with Crippen LogP contribution in [0.15, 0.2) is 18.2 Å². The molecule has 6 atom stereocenters. The number of aromatic hydroxyl groups is 1. The molecule has 2 saturated carbocycles. The minimum absolute atomic E-state index is 0.0825. The van der Waals surface area contributed by atoms with Crippen LogP contribution in [0.25, 0.3) is 0 Å². The molecule has 4 rings (SSSR count). The Morgan fingerprint density at radius 1 is 1.22 bits per heavy atom. The van der Waals surface area contributed by atoms with Gasteiger partial charge in [-0.3, -0.25) is 0 Å². The number of aryl methyl sites for hydroxylation is 1. The number of benzene rings is 1. The van der Waals surface area contributed by atoms with Crippen molar-refractivity contribution in [2.24, 2.45) is 23.2 Å². The molecule has 0 saturated heterocycles. The van der Waals surface area contributed by atoms with E-state index in [4.69, 9.17) is 4.74 Å². The number of phenolic OH excluding ortho intramolecular Hbond substituents is 1. The van der Waals surface area contributed by atoms with Gasteiger partial charge in [0.15, 0.2) is 0 Å². The van der Waals surface area contributed by atoms with Crippen molar-refractivity contribution in [1.82, 2.24) is 0 Å². The minimum Gasteiger partial charge on any atom is -0.508 e. The Morgan fingerprint density at radius 2 is 2.04 bits per heavy atom. The van der Waals surface area contributed by atoms with E-state index in [0.29, 0.717) is 35.5 Å². The molecule has 0 aromatic heterocycles. The van der Waals surface area contributed by atoms with Gasteiger partial charge in [0, 0.05) is 6.61 Å². The van der Waals surface area contributed by atoms with Crippen LogP contribution in [-0.4, -0.2) is 29.0 Å². The number of hydrogen-bond donors (Lipinski definition) is 2. The van der Waals surface area contributed by atoms with E-state index in [2.05, 4.69) is 26.8 Å². The quantitative estimate of drug-likeness (QED) is 0.712. The van der Waals surface area contributed by atoms with Crippen LogP contribution in [0.1, 0.15) is 76.3 Å². The zero-order valence-corrected chi connectivity index (χ0v) is 17.2. The van der Waals surface area contributed by atoms with Crippen LogP contribution in [0.2, 0.25) is 0 Å². The van der Waals surface area contributed by atoms with Gasteiger partial charge >= 0.3 is 0 Å². The van der Waals surface area contributed by atoms with Crippen molar-refractivity contribution in [1.29, 1.82) is 0 Å². The minimum atomic E-state index is -0.140. The molecule has 0 heterocycles. The summed E-state index contributed by atoms with van der Waals surface area (Å²) >= 11 is 0. The maximum Gasteiger partial charge on any atom is 0.115 e. The van der Waals surface area contributed by atoms with E-state index in [0.717, 1.165) is 32.3 Å². The van der Waals surface area contributed by atoms with Gasteiger partial charge < -0.3 is 14.9 Å². The van der Waals surface area contributed by atoms with E-state index >= 15 is 0 Å². The molecule has 0 aliphatic heterocycles. The lowest BCUT2D eigenvalue weighted by molar-refractivity contribution is -0.0516. The fourth-order valence-electron chi connectivity index (χ4n) is 6.79. The van der Waals surface area contributed by atoms with E-state index in [-0.39, 0.29) is 11.5 Å². The normalized spacial score (nSPS) is 37.7. The van der Waals surface area contributed by atoms with Gasteiger partial charge in [-0.25, -0.2) is 0 Å². The van der Waals surface area contributed by atoms with Crippen LogP contribution < -0.4 is 0 Å². The Kier molecular flexibility index (Phi) is 5.28. The molecule has 1 aromatic carbocycles. The van der Waals surface area contributed by atoms with Gasteiger partial charge in [0.1, 0.15) is 5.75 Å². The van der Waals surface area contributed by atoms with Gasteiger partial charge in [-0.1, -0.05) is 13.0 Å². The molecule has 5 unspecified atom stereocenters. The van der Waals surface area contributed by atoms with E-state index in [1.807, 2.05) is 12.1 Å². The van der Waals surface area contributed by atoms with Crippen LogP contribution in [0.5, 0.6) is 5.75 Å². The highest BCUT2D eigenvalue weighted by molar-refractivity contribution is 5.40. The number of fused-ring (bicyclic) bond motifs is 5. The Bertz CT molecular complexity index is 670. The topological polar surface area (TPSA) is 49.7 Å². The highest BCUT2D eigenvalue weighted by Crippen LogP contribution is 2.63. The molecule has 0 spiro atoms. The summed E-state index contributed by atoms with van der Waals surface area (Å²) in [5.41, 5.74) is 2.91. The summed E-state index contributed by atoms with van der Waals surface area (Å²) in [5.74, 6) is 2.89. The summed E-state index contributed by atoms with van der Waals surface area (Å²) in [4.78, 5) is 0. The number of ether oxygens (including phenoxy) is 1. The largest absolute Gasteiger partial charge is 0.508 e. The first-order chi connectivity index (χ1) is 12.9. The van der Waals surface area contributed by atoms with Crippen molar-refractivity contribution < 1.29 is 14.9 Å². The van der Waals surface area contributed by atoms with E-state index in [9.17, 15) is 10.2 Å². The predicted molar refractivity (Wildman–Crippen MR) is 108 cm³/mol. The van der Waals surface area contributed by atoms with Gasteiger partial charge in [-0.15, -0.1) is 0 Å². The third kappa shape index (κ3) is 3.42. The maximum atomic E-state index is 10.8. The lowest BCUT2D eigenvalue weighted by atomic mass is 9.51. The van der Waals surface area contributed by atoms with Gasteiger partial charge in [-0.05, 0) is 111 Å². The van der Waals surface area contributed by atoms with Gasteiger partial charge in [0.05, 0.1) is 12.2 Å². The molecule has 0 radical (unpaired) electrons. The van der Waals surface area contributed by atoms with Crippen LogP contribution in [0, 0.1) is 23.2 Å². The van der Waals surface area contributed by atoms with Crippen LogP contribution in [0.3, 0.4) is 0 Å². The zero-order chi connectivity index (χ0) is 19.2. The molecule has 2 fully saturated rings. The highest BCUT2D eigenvalue weighted by Gasteiger charge is 2.57. The van der Waals surface area contributed by atoms with E-state index in [1.165, 1.54) is 30.4 Å². The van der Waals surface area contributed by atoms with Crippen molar-refractivity contribution in [3.05, 3.63) is 29.3 Å². The zero-order valence-electron chi connectivity index (χ0n) is 17.2. The Labute approximate surface area is 164 Å². The van der Waals surface area contributed by atoms with Crippen molar-refractivity contribution in [2.45, 2.75) is 83.8 Å².